The number of rotatable bonds is 5. The Morgan fingerprint density at radius 1 is 1.27 bits per heavy atom. The van der Waals surface area contributed by atoms with E-state index in [1.165, 1.54) is 11.8 Å². The Morgan fingerprint density at radius 3 is 2.85 bits per heavy atom. The second-order valence-electron chi connectivity index (χ2n) is 5.69. The van der Waals surface area contributed by atoms with E-state index in [2.05, 4.69) is 16.4 Å². The van der Waals surface area contributed by atoms with Gasteiger partial charge in [0.25, 0.3) is 0 Å². The number of aromatic nitrogens is 1. The first-order chi connectivity index (χ1) is 12.6. The SMILES string of the molecule is COc1ccccc1NC(=O)CSc1nc2cc(C)ccc2cc1C#N. The molecule has 130 valence electrons. The number of pyridine rings is 1. The molecule has 0 saturated carbocycles. The van der Waals surface area contributed by atoms with Crippen molar-refractivity contribution in [3.63, 3.8) is 0 Å². The number of para-hydroxylation sites is 2. The summed E-state index contributed by atoms with van der Waals surface area (Å²) in [5.74, 6) is 0.564. The number of carbonyl (C=O) groups is 1. The molecule has 1 amide bonds. The van der Waals surface area contributed by atoms with Gasteiger partial charge in [-0.1, -0.05) is 36.0 Å². The summed E-state index contributed by atoms with van der Waals surface area (Å²) in [5, 5.41) is 13.7. The Hall–Kier alpha value is -3.04. The summed E-state index contributed by atoms with van der Waals surface area (Å²) >= 11 is 1.25. The fraction of sp³-hybridized carbons (Fsp3) is 0.150. The number of hydrogen-bond donors (Lipinski definition) is 1. The molecular formula is C20H17N3O2S. The number of aryl methyl sites for hydroxylation is 1. The lowest BCUT2D eigenvalue weighted by atomic mass is 10.1. The average Bonchev–Trinajstić information content (AvgIpc) is 2.66. The lowest BCUT2D eigenvalue weighted by Gasteiger charge is -2.10. The largest absolute Gasteiger partial charge is 0.495 e. The zero-order chi connectivity index (χ0) is 18.5. The highest BCUT2D eigenvalue weighted by Gasteiger charge is 2.12. The first-order valence-electron chi connectivity index (χ1n) is 7.98. The van der Waals surface area contributed by atoms with Crippen molar-refractivity contribution in [2.24, 2.45) is 0 Å². The normalized spacial score (nSPS) is 10.3. The van der Waals surface area contributed by atoms with Gasteiger partial charge in [-0.3, -0.25) is 4.79 Å². The van der Waals surface area contributed by atoms with Gasteiger partial charge in [0.15, 0.2) is 0 Å². The Labute approximate surface area is 156 Å². The van der Waals surface area contributed by atoms with Crippen molar-refractivity contribution in [1.82, 2.24) is 4.98 Å². The second-order valence-corrected chi connectivity index (χ2v) is 6.65. The quantitative estimate of drug-likeness (QED) is 0.689. The number of methoxy groups -OCH3 is 1. The molecule has 1 heterocycles. The number of fused-ring (bicyclic) bond motifs is 1. The van der Waals surface area contributed by atoms with Crippen LogP contribution in [0.4, 0.5) is 5.69 Å². The summed E-state index contributed by atoms with van der Waals surface area (Å²) in [6, 6.07) is 17.1. The first-order valence-corrected chi connectivity index (χ1v) is 8.96. The predicted octanol–water partition coefficient (Wildman–Crippen LogP) is 4.15. The summed E-state index contributed by atoms with van der Waals surface area (Å²) in [7, 11) is 1.56. The Balaban J connectivity index is 1.76. The molecule has 1 aromatic heterocycles. The third-order valence-electron chi connectivity index (χ3n) is 3.78. The molecular weight excluding hydrogens is 346 g/mol. The van der Waals surface area contributed by atoms with Gasteiger partial charge in [0.1, 0.15) is 16.8 Å². The van der Waals surface area contributed by atoms with Crippen molar-refractivity contribution < 1.29 is 9.53 Å². The van der Waals surface area contributed by atoms with Crippen molar-refractivity contribution in [3.8, 4) is 11.8 Å². The predicted molar refractivity (Wildman–Crippen MR) is 104 cm³/mol. The number of benzene rings is 2. The van der Waals surface area contributed by atoms with Crippen LogP contribution in [0.25, 0.3) is 10.9 Å². The third kappa shape index (κ3) is 3.95. The Morgan fingerprint density at radius 2 is 2.08 bits per heavy atom. The minimum Gasteiger partial charge on any atom is -0.495 e. The number of amides is 1. The highest BCUT2D eigenvalue weighted by molar-refractivity contribution is 8.00. The van der Waals surface area contributed by atoms with E-state index in [1.807, 2.05) is 43.3 Å². The number of nitrogens with zero attached hydrogens (tertiary/aromatic N) is 2. The van der Waals surface area contributed by atoms with E-state index >= 15 is 0 Å². The van der Waals surface area contributed by atoms with Gasteiger partial charge >= 0.3 is 0 Å². The lowest BCUT2D eigenvalue weighted by Crippen LogP contribution is -2.14. The molecule has 0 spiro atoms. The van der Waals surface area contributed by atoms with Gasteiger partial charge in [0.05, 0.1) is 29.6 Å². The number of carbonyl (C=O) groups excluding carboxylic acids is 1. The van der Waals surface area contributed by atoms with Gasteiger partial charge in [0, 0.05) is 5.39 Å². The van der Waals surface area contributed by atoms with Gasteiger partial charge in [-0.15, -0.1) is 0 Å². The van der Waals surface area contributed by atoms with E-state index in [0.29, 0.717) is 22.0 Å². The molecule has 5 nitrogen and oxygen atoms in total. The maximum Gasteiger partial charge on any atom is 0.234 e. The number of nitrogens with one attached hydrogen (secondary N) is 1. The van der Waals surface area contributed by atoms with Crippen LogP contribution >= 0.6 is 11.8 Å². The summed E-state index contributed by atoms with van der Waals surface area (Å²) in [5.41, 5.74) is 3.00. The Kier molecular flexibility index (Phi) is 5.40. The van der Waals surface area contributed by atoms with E-state index in [0.717, 1.165) is 16.5 Å². The van der Waals surface area contributed by atoms with Crippen LogP contribution in [0, 0.1) is 18.3 Å². The van der Waals surface area contributed by atoms with Crippen molar-refractivity contribution in [3.05, 3.63) is 59.7 Å². The molecule has 0 aliphatic carbocycles. The van der Waals surface area contributed by atoms with Gasteiger partial charge < -0.3 is 10.1 Å². The molecule has 0 radical (unpaired) electrons. The van der Waals surface area contributed by atoms with Crippen LogP contribution in [-0.4, -0.2) is 23.8 Å². The average molecular weight is 363 g/mol. The fourth-order valence-corrected chi connectivity index (χ4v) is 3.28. The molecule has 6 heteroatoms. The number of hydrogen-bond acceptors (Lipinski definition) is 5. The van der Waals surface area contributed by atoms with E-state index in [-0.39, 0.29) is 11.7 Å². The molecule has 0 fully saturated rings. The van der Waals surface area contributed by atoms with Crippen LogP contribution in [0.2, 0.25) is 0 Å². The van der Waals surface area contributed by atoms with Crippen molar-refractivity contribution in [2.75, 3.05) is 18.2 Å². The van der Waals surface area contributed by atoms with Crippen LogP contribution < -0.4 is 10.1 Å². The summed E-state index contributed by atoms with van der Waals surface area (Å²) in [6.45, 7) is 1.99. The highest BCUT2D eigenvalue weighted by atomic mass is 32.2. The monoisotopic (exact) mass is 363 g/mol. The molecule has 1 N–H and O–H groups in total. The number of nitriles is 1. The summed E-state index contributed by atoms with van der Waals surface area (Å²) in [6.07, 6.45) is 0. The molecule has 0 atom stereocenters. The molecule has 0 aliphatic rings. The molecule has 0 unspecified atom stereocenters. The zero-order valence-corrected chi connectivity index (χ0v) is 15.3. The fourth-order valence-electron chi connectivity index (χ4n) is 2.52. The third-order valence-corrected chi connectivity index (χ3v) is 4.77. The standard InChI is InChI=1S/C20H17N3O2S/c1-13-7-8-14-10-15(11-21)20(23-17(14)9-13)26-12-19(24)22-16-5-3-4-6-18(16)25-2/h3-10H,12H2,1-2H3,(H,22,24). The van der Waals surface area contributed by atoms with Crippen LogP contribution in [0.15, 0.2) is 53.6 Å². The molecule has 2 aromatic carbocycles. The van der Waals surface area contributed by atoms with Gasteiger partial charge in [-0.2, -0.15) is 5.26 Å². The van der Waals surface area contributed by atoms with Crippen molar-refractivity contribution in [1.29, 1.82) is 5.26 Å². The van der Waals surface area contributed by atoms with Crippen molar-refractivity contribution in [2.45, 2.75) is 11.9 Å². The molecule has 3 rings (SSSR count). The molecule has 26 heavy (non-hydrogen) atoms. The minimum atomic E-state index is -0.186. The van der Waals surface area contributed by atoms with E-state index in [9.17, 15) is 10.1 Å². The van der Waals surface area contributed by atoms with Crippen LogP contribution in [0.3, 0.4) is 0 Å². The number of anilines is 1. The van der Waals surface area contributed by atoms with E-state index in [4.69, 9.17) is 4.74 Å². The first kappa shape index (κ1) is 17.8. The van der Waals surface area contributed by atoms with Crippen LogP contribution in [-0.2, 0) is 4.79 Å². The topological polar surface area (TPSA) is 75.0 Å². The van der Waals surface area contributed by atoms with E-state index < -0.39 is 0 Å². The molecule has 0 saturated heterocycles. The number of thioether (sulfide) groups is 1. The highest BCUT2D eigenvalue weighted by Crippen LogP contribution is 2.27. The summed E-state index contributed by atoms with van der Waals surface area (Å²) < 4.78 is 5.23. The van der Waals surface area contributed by atoms with Gasteiger partial charge in [-0.05, 0) is 36.8 Å². The Bertz CT molecular complexity index is 1010. The minimum absolute atomic E-state index is 0.150. The number of ether oxygens (including phenoxy) is 1. The van der Waals surface area contributed by atoms with Gasteiger partial charge in [-0.25, -0.2) is 4.98 Å². The maximum atomic E-state index is 12.3. The second kappa shape index (κ2) is 7.89. The van der Waals surface area contributed by atoms with Gasteiger partial charge in [0.2, 0.25) is 5.91 Å². The molecule has 3 aromatic rings. The summed E-state index contributed by atoms with van der Waals surface area (Å²) in [4.78, 5) is 16.8. The maximum absolute atomic E-state index is 12.3. The lowest BCUT2D eigenvalue weighted by molar-refractivity contribution is -0.113. The smallest absolute Gasteiger partial charge is 0.234 e. The molecule has 0 bridgehead atoms. The zero-order valence-electron chi connectivity index (χ0n) is 14.4. The van der Waals surface area contributed by atoms with E-state index in [1.54, 1.807) is 19.2 Å². The van der Waals surface area contributed by atoms with Crippen molar-refractivity contribution >= 4 is 34.3 Å². The van der Waals surface area contributed by atoms with Crippen LogP contribution in [0.5, 0.6) is 5.75 Å². The molecule has 0 aliphatic heterocycles. The van der Waals surface area contributed by atoms with Crippen LogP contribution in [0.1, 0.15) is 11.1 Å².